The summed E-state index contributed by atoms with van der Waals surface area (Å²) in [5.74, 6) is 5.27. The van der Waals surface area contributed by atoms with Gasteiger partial charge in [-0.25, -0.2) is 43.1 Å². The molecule has 6 aromatic carbocycles. The quantitative estimate of drug-likeness (QED) is 0.0329. The Morgan fingerprint density at radius 2 is 0.660 bits per heavy atom. The van der Waals surface area contributed by atoms with Gasteiger partial charge in [0.25, 0.3) is 6.43 Å². The molecule has 0 bridgehead atoms. The number of benzene rings is 6. The smallest absolute Gasteiger partial charge is 0.263 e. The molecule has 0 aliphatic heterocycles. The highest BCUT2D eigenvalue weighted by molar-refractivity contribution is 9.10. The Labute approximate surface area is 846 Å². The molecule has 1 atom stereocenters. The Morgan fingerprint density at radius 1 is 0.383 bits per heavy atom. The van der Waals surface area contributed by atoms with Crippen LogP contribution < -0.4 is 31.9 Å². The lowest BCUT2D eigenvalue weighted by atomic mass is 9.68. The standard InChI is InChI=1S/2C20H29N3O.C18H21ClFN3O.C18H22ClN3O.C18H23F2N3O.C17H22BrN3O/c1-13(2)14-9-10-16-17(11-14)23(15-7-6-8-15)19(21-16)22-18(24)12-20(3,4)5;1-12(2)14(5)19(24)22-20-21-17-10-9-15(13(3)4)11-18(17)23(20)16-7-6-8-16;1-18(20)9-11(10-18)7-16(24)22-17-21-14-6-5-12(19)8-15(14)23(17)13-3-2-4-13;1-18(8-3-9-18)11-16(23)21-17-20-14-7-6-12(19)10-15(14)22(17)13-4-2-5-13;1-18(2,3)10-15(24)22-17-21-13-8-7-11(16(19)20)9-14(13)23(17)12-5-4-6-12;1-17(2,3)10-15(22)20-16-19-13-8-7-11(18)9-14(13)21(16)12-5-4-6-12/h9-11,13,15H,6-8,12H2,1-5H3,(H,21,22,24);9-14,16H,6-8H2,1-5H3,(H,21,22,24);5-6,8,11,13H,2-4,7,9-10H2,1H3,(H,21,22,24);6-7,10,13H,2-5,8-9,11H2,1H3,(H,20,21,23);7-9,12,16H,4-6,10H2,1-3H3,(H,21,22,24);7-9,12H,4-6,10H2,1-3H3,(H,19,20,22)/t;14-;;;;/m.0..../s1. The molecule has 12 aromatic rings. The molecule has 6 heterocycles. The van der Waals surface area contributed by atoms with Crippen molar-refractivity contribution in [3.05, 3.63) is 140 Å². The number of nitrogens with zero attached hydrogens (tertiary/aromatic N) is 12. The van der Waals surface area contributed by atoms with Crippen LogP contribution in [0.1, 0.15) is 376 Å². The van der Waals surface area contributed by atoms with Crippen LogP contribution >= 0.6 is 39.1 Å². The van der Waals surface area contributed by atoms with Crippen LogP contribution in [0.15, 0.2) is 114 Å². The Morgan fingerprint density at radius 3 is 0.936 bits per heavy atom. The molecule has 758 valence electrons. The van der Waals surface area contributed by atoms with Crippen molar-refractivity contribution in [3.63, 3.8) is 0 Å². The van der Waals surface area contributed by atoms with Crippen molar-refractivity contribution in [1.29, 1.82) is 0 Å². The third-order valence-corrected chi connectivity index (χ3v) is 30.3. The van der Waals surface area contributed by atoms with Crippen molar-refractivity contribution in [1.82, 2.24) is 57.3 Å². The fraction of sp³-hybridized carbons (Fsp3) is 0.568. The van der Waals surface area contributed by atoms with Crippen molar-refractivity contribution >= 4 is 176 Å². The molecule has 0 unspecified atom stereocenters. The van der Waals surface area contributed by atoms with E-state index in [0.29, 0.717) is 150 Å². The number of amides is 6. The molecule has 8 aliphatic rings. The maximum atomic E-state index is 13.6. The zero-order valence-electron chi connectivity index (χ0n) is 85.7. The van der Waals surface area contributed by atoms with Crippen molar-refractivity contribution in [2.75, 3.05) is 31.9 Å². The van der Waals surface area contributed by atoms with Gasteiger partial charge in [0.15, 0.2) is 0 Å². The van der Waals surface area contributed by atoms with Gasteiger partial charge in [-0.1, -0.05) is 181 Å². The summed E-state index contributed by atoms with van der Waals surface area (Å²) < 4.78 is 53.6. The summed E-state index contributed by atoms with van der Waals surface area (Å²) in [4.78, 5) is 102. The zero-order valence-corrected chi connectivity index (χ0v) is 88.8. The van der Waals surface area contributed by atoms with Gasteiger partial charge in [-0.05, 0) is 296 Å². The number of anilines is 6. The molecule has 6 N–H and O–H groups in total. The normalized spacial score (nSPS) is 18.5. The first kappa shape index (κ1) is 105. The fourth-order valence-electron chi connectivity index (χ4n) is 19.7. The number of aromatic nitrogens is 12. The van der Waals surface area contributed by atoms with Crippen LogP contribution in [0, 0.1) is 39.4 Å². The first-order valence-electron chi connectivity index (χ1n) is 51.5. The number of nitrogens with one attached hydrogen (secondary N) is 6. The zero-order chi connectivity index (χ0) is 101. The minimum atomic E-state index is -2.52. The lowest BCUT2D eigenvalue weighted by Crippen LogP contribution is -2.38. The molecule has 24 nitrogen and oxygen atoms in total. The van der Waals surface area contributed by atoms with E-state index in [0.717, 1.165) is 130 Å². The molecule has 30 heteroatoms. The van der Waals surface area contributed by atoms with E-state index in [1.807, 2.05) is 80.8 Å². The van der Waals surface area contributed by atoms with Crippen molar-refractivity contribution in [3.8, 4) is 0 Å². The summed E-state index contributed by atoms with van der Waals surface area (Å²) in [6, 6.07) is 37.2. The van der Waals surface area contributed by atoms with E-state index < -0.39 is 12.1 Å². The molecular formula is C111H146BrCl2F3N18O6. The Kier molecular flexibility index (Phi) is 32.6. The fourth-order valence-corrected chi connectivity index (χ4v) is 20.4. The number of hydrogen-bond donors (Lipinski definition) is 6. The second kappa shape index (κ2) is 43.8. The molecule has 0 spiro atoms. The number of hydrogen-bond acceptors (Lipinski definition) is 12. The van der Waals surface area contributed by atoms with Crippen LogP contribution in [0.5, 0.6) is 0 Å². The summed E-state index contributed by atoms with van der Waals surface area (Å²) in [5, 5.41) is 19.4. The van der Waals surface area contributed by atoms with Crippen LogP contribution in [0.25, 0.3) is 66.2 Å². The lowest BCUT2D eigenvalue weighted by molar-refractivity contribution is -0.121. The van der Waals surface area contributed by atoms with Crippen molar-refractivity contribution < 1.29 is 41.9 Å². The SMILES string of the molecule is CC(C)(C)CC(=O)Nc1nc2ccc(Br)cc2n1C1CCC1.CC(C)(C)CC(=O)Nc1nc2ccc(C(F)F)cc2n1C1CCC1.CC(C)c1ccc2nc(NC(=O)CC(C)(C)C)n(C3CCC3)c2c1.CC(C)c1ccc2nc(NC(=O)[C@@H](C)C(C)C)n(C3CCC3)c2c1.CC1(CC(=O)Nc2nc3ccc(Cl)cc3n2C2CCC2)CCC1.CC1(F)CC(CC(=O)Nc2nc3ccc(Cl)cc3n2C2CCC2)C1. The molecule has 6 aromatic heterocycles. The molecular weight excluding hydrogens is 1890 g/mol. The summed E-state index contributed by atoms with van der Waals surface area (Å²) in [5.41, 5.74) is 12.8. The average Bonchev–Trinajstić information content (AvgIpc) is 1.63. The minimum Gasteiger partial charge on any atom is -0.307 e. The maximum absolute atomic E-state index is 13.6. The highest BCUT2D eigenvalue weighted by Crippen LogP contribution is 2.49. The first-order valence-corrected chi connectivity index (χ1v) is 53.1. The van der Waals surface area contributed by atoms with E-state index in [2.05, 4.69) is 223 Å². The minimum absolute atomic E-state index is 0.0180. The number of halogens is 6. The van der Waals surface area contributed by atoms with E-state index in [-0.39, 0.29) is 80.5 Å². The average molecular weight is 2040 g/mol. The van der Waals surface area contributed by atoms with Gasteiger partial charge in [0.1, 0.15) is 5.67 Å². The topological polar surface area (TPSA) is 282 Å². The van der Waals surface area contributed by atoms with Gasteiger partial charge in [-0.2, -0.15) is 0 Å². The van der Waals surface area contributed by atoms with E-state index >= 15 is 0 Å². The van der Waals surface area contributed by atoms with E-state index in [9.17, 15) is 41.9 Å². The molecule has 8 saturated carbocycles. The Balaban J connectivity index is 0.000000128. The van der Waals surface area contributed by atoms with Crippen LogP contribution in [-0.4, -0.2) is 98.4 Å². The van der Waals surface area contributed by atoms with Gasteiger partial charge < -0.3 is 27.4 Å². The monoisotopic (exact) mass is 2030 g/mol. The van der Waals surface area contributed by atoms with Crippen LogP contribution in [0.2, 0.25) is 10.0 Å². The number of fused-ring (bicyclic) bond motifs is 6. The van der Waals surface area contributed by atoms with Crippen LogP contribution in [-0.2, 0) is 28.8 Å². The van der Waals surface area contributed by atoms with Crippen molar-refractivity contribution in [2.45, 2.75) is 365 Å². The first-order chi connectivity index (χ1) is 66.6. The summed E-state index contributed by atoms with van der Waals surface area (Å²) >= 11 is 15.8. The predicted octanol–water partition coefficient (Wildman–Crippen LogP) is 30.2. The third-order valence-electron chi connectivity index (χ3n) is 29.3. The number of carbonyl (C=O) groups excluding carboxylic acids is 6. The molecule has 0 radical (unpaired) electrons. The summed E-state index contributed by atoms with van der Waals surface area (Å²) in [6.45, 7) is 37.2. The summed E-state index contributed by atoms with van der Waals surface area (Å²) in [6.07, 6.45) is 24.9. The molecule has 20 rings (SSSR count). The van der Waals surface area contributed by atoms with Crippen LogP contribution in [0.3, 0.4) is 0 Å². The van der Waals surface area contributed by atoms with E-state index in [1.165, 1.54) is 87.5 Å². The second-order valence-electron chi connectivity index (χ2n) is 46.3. The predicted molar refractivity (Wildman–Crippen MR) is 568 cm³/mol. The number of imidazole rings is 6. The largest absolute Gasteiger partial charge is 0.307 e. The van der Waals surface area contributed by atoms with Crippen LogP contribution in [0.4, 0.5) is 48.9 Å². The third kappa shape index (κ3) is 26.0. The van der Waals surface area contributed by atoms with E-state index in [1.54, 1.807) is 13.0 Å². The Bertz CT molecular complexity index is 6390. The Hall–Kier alpha value is -10.2. The van der Waals surface area contributed by atoms with Gasteiger partial charge in [0.2, 0.25) is 71.1 Å². The second-order valence-corrected chi connectivity index (χ2v) is 48.1. The highest BCUT2D eigenvalue weighted by Gasteiger charge is 2.43. The van der Waals surface area contributed by atoms with Gasteiger partial charge in [-0.3, -0.25) is 60.7 Å². The number of rotatable bonds is 24. The summed E-state index contributed by atoms with van der Waals surface area (Å²) in [7, 11) is 0. The highest BCUT2D eigenvalue weighted by atomic mass is 79.9. The molecule has 6 amide bonds. The lowest BCUT2D eigenvalue weighted by Gasteiger charge is -2.38. The van der Waals surface area contributed by atoms with Gasteiger partial charge in [0.05, 0.1) is 66.2 Å². The number of carbonyl (C=O) groups is 6. The molecule has 141 heavy (non-hydrogen) atoms. The van der Waals surface area contributed by atoms with Crippen molar-refractivity contribution in [2.24, 2.45) is 39.4 Å². The molecule has 8 fully saturated rings. The van der Waals surface area contributed by atoms with Gasteiger partial charge in [-0.15, -0.1) is 0 Å². The number of alkyl halides is 3. The van der Waals surface area contributed by atoms with Gasteiger partial charge >= 0.3 is 0 Å². The van der Waals surface area contributed by atoms with E-state index in [4.69, 9.17) is 33.2 Å². The molecule has 0 saturated heterocycles. The van der Waals surface area contributed by atoms with Gasteiger partial charge in [0, 0.05) is 94.4 Å². The maximum Gasteiger partial charge on any atom is 0.263 e. The molecule has 8 aliphatic carbocycles.